The Labute approximate surface area is 149 Å². The Balaban J connectivity index is 3.17. The van der Waals surface area contributed by atoms with Crippen LogP contribution in [0.5, 0.6) is 17.2 Å². The standard InChI is InChI=1S/C19H28O6/c1-5-6-7-8-9-10-15(20)13-11-16(23-2)19(25-4)18(24-3)14(13)12-17(21)22/h11H,5-10,12H2,1-4H3,(H,21,22). The maximum absolute atomic E-state index is 12.7. The Morgan fingerprint density at radius 2 is 1.60 bits per heavy atom. The lowest BCUT2D eigenvalue weighted by molar-refractivity contribution is -0.136. The molecule has 6 nitrogen and oxygen atoms in total. The number of carboxylic acids is 1. The van der Waals surface area contributed by atoms with Crippen molar-refractivity contribution in [1.29, 1.82) is 0 Å². The first-order chi connectivity index (χ1) is 12.0. The molecule has 0 heterocycles. The van der Waals surface area contributed by atoms with Gasteiger partial charge in [0.25, 0.3) is 0 Å². The van der Waals surface area contributed by atoms with Crippen molar-refractivity contribution in [2.24, 2.45) is 0 Å². The monoisotopic (exact) mass is 352 g/mol. The molecule has 0 aliphatic heterocycles. The third-order valence-corrected chi connectivity index (χ3v) is 4.07. The molecule has 0 aliphatic rings. The maximum atomic E-state index is 12.7. The predicted octanol–water partition coefficient (Wildman–Crippen LogP) is 3.88. The van der Waals surface area contributed by atoms with E-state index in [4.69, 9.17) is 14.2 Å². The summed E-state index contributed by atoms with van der Waals surface area (Å²) in [5, 5.41) is 9.22. The Morgan fingerprint density at radius 3 is 2.12 bits per heavy atom. The lowest BCUT2D eigenvalue weighted by Gasteiger charge is -2.18. The number of ether oxygens (including phenoxy) is 3. The Hall–Kier alpha value is -2.24. The molecular formula is C19H28O6. The zero-order valence-corrected chi connectivity index (χ0v) is 15.5. The van der Waals surface area contributed by atoms with Gasteiger partial charge in [-0.1, -0.05) is 32.6 Å². The zero-order chi connectivity index (χ0) is 18.8. The molecule has 0 aliphatic carbocycles. The molecule has 140 valence electrons. The number of carbonyl (C=O) groups excluding carboxylic acids is 1. The molecule has 0 fully saturated rings. The van der Waals surface area contributed by atoms with Gasteiger partial charge in [-0.2, -0.15) is 0 Å². The molecule has 0 radical (unpaired) electrons. The molecule has 25 heavy (non-hydrogen) atoms. The number of aliphatic carboxylic acids is 1. The maximum Gasteiger partial charge on any atom is 0.307 e. The van der Waals surface area contributed by atoms with E-state index in [9.17, 15) is 14.7 Å². The molecule has 0 atom stereocenters. The molecule has 1 aromatic rings. The molecule has 0 bridgehead atoms. The zero-order valence-electron chi connectivity index (χ0n) is 15.5. The largest absolute Gasteiger partial charge is 0.493 e. The van der Waals surface area contributed by atoms with Crippen LogP contribution in [0.4, 0.5) is 0 Å². The summed E-state index contributed by atoms with van der Waals surface area (Å²) in [6.07, 6.45) is 5.21. The van der Waals surface area contributed by atoms with Gasteiger partial charge in [0, 0.05) is 17.5 Å². The van der Waals surface area contributed by atoms with Crippen molar-refractivity contribution in [2.45, 2.75) is 51.9 Å². The van der Waals surface area contributed by atoms with Crippen LogP contribution in [-0.2, 0) is 11.2 Å². The lowest BCUT2D eigenvalue weighted by atomic mass is 9.95. The van der Waals surface area contributed by atoms with Crippen molar-refractivity contribution < 1.29 is 28.9 Å². The molecule has 1 aromatic carbocycles. The average Bonchev–Trinajstić information content (AvgIpc) is 2.59. The highest BCUT2D eigenvalue weighted by Crippen LogP contribution is 2.42. The molecule has 0 aromatic heterocycles. The highest BCUT2D eigenvalue weighted by atomic mass is 16.5. The van der Waals surface area contributed by atoms with Crippen molar-refractivity contribution in [3.8, 4) is 17.2 Å². The van der Waals surface area contributed by atoms with E-state index in [2.05, 4.69) is 6.92 Å². The van der Waals surface area contributed by atoms with E-state index in [-0.39, 0.29) is 18.0 Å². The first kappa shape index (κ1) is 20.8. The predicted molar refractivity (Wildman–Crippen MR) is 95.1 cm³/mol. The van der Waals surface area contributed by atoms with Crippen molar-refractivity contribution >= 4 is 11.8 Å². The second-order valence-electron chi connectivity index (χ2n) is 5.83. The first-order valence-electron chi connectivity index (χ1n) is 8.56. The summed E-state index contributed by atoms with van der Waals surface area (Å²) in [6, 6.07) is 1.55. The number of carboxylic acid groups (broad SMARTS) is 1. The summed E-state index contributed by atoms with van der Waals surface area (Å²) in [4.78, 5) is 23.9. The summed E-state index contributed by atoms with van der Waals surface area (Å²) < 4.78 is 15.9. The number of methoxy groups -OCH3 is 3. The van der Waals surface area contributed by atoms with E-state index in [1.807, 2.05) is 0 Å². The fraction of sp³-hybridized carbons (Fsp3) is 0.579. The van der Waals surface area contributed by atoms with E-state index >= 15 is 0 Å². The van der Waals surface area contributed by atoms with E-state index in [1.165, 1.54) is 21.3 Å². The lowest BCUT2D eigenvalue weighted by Crippen LogP contribution is -2.12. The third kappa shape index (κ3) is 5.66. The summed E-state index contributed by atoms with van der Waals surface area (Å²) in [6.45, 7) is 2.14. The third-order valence-electron chi connectivity index (χ3n) is 4.07. The number of rotatable bonds is 12. The van der Waals surface area contributed by atoms with Gasteiger partial charge in [-0.3, -0.25) is 9.59 Å². The van der Waals surface area contributed by atoms with Gasteiger partial charge in [0.2, 0.25) is 5.75 Å². The highest BCUT2D eigenvalue weighted by Gasteiger charge is 2.25. The number of hydrogen-bond acceptors (Lipinski definition) is 5. The molecule has 0 spiro atoms. The number of Topliss-reactive ketones (excluding diaryl/α,β-unsaturated/α-hetero) is 1. The fourth-order valence-corrected chi connectivity index (χ4v) is 2.82. The van der Waals surface area contributed by atoms with E-state index in [1.54, 1.807) is 6.07 Å². The van der Waals surface area contributed by atoms with Crippen LogP contribution in [-0.4, -0.2) is 38.2 Å². The van der Waals surface area contributed by atoms with Crippen LogP contribution in [0.2, 0.25) is 0 Å². The van der Waals surface area contributed by atoms with Crippen LogP contribution >= 0.6 is 0 Å². The minimum atomic E-state index is -1.04. The molecule has 6 heteroatoms. The van der Waals surface area contributed by atoms with Crippen LogP contribution < -0.4 is 14.2 Å². The van der Waals surface area contributed by atoms with Crippen LogP contribution in [0.25, 0.3) is 0 Å². The Morgan fingerprint density at radius 1 is 0.960 bits per heavy atom. The molecule has 1 rings (SSSR count). The van der Waals surface area contributed by atoms with Gasteiger partial charge < -0.3 is 19.3 Å². The van der Waals surface area contributed by atoms with Gasteiger partial charge in [0.15, 0.2) is 17.3 Å². The van der Waals surface area contributed by atoms with Crippen LogP contribution in [0.3, 0.4) is 0 Å². The molecule has 0 saturated heterocycles. The molecule has 0 unspecified atom stereocenters. The quantitative estimate of drug-likeness (QED) is 0.454. The summed E-state index contributed by atoms with van der Waals surface area (Å²) >= 11 is 0. The SMILES string of the molecule is CCCCCCCC(=O)c1cc(OC)c(OC)c(OC)c1CC(=O)O. The minimum absolute atomic E-state index is 0.105. The van der Waals surface area contributed by atoms with Gasteiger partial charge in [-0.05, 0) is 12.5 Å². The summed E-state index contributed by atoms with van der Waals surface area (Å²) in [7, 11) is 4.33. The van der Waals surface area contributed by atoms with Crippen molar-refractivity contribution in [2.75, 3.05) is 21.3 Å². The molecule has 0 amide bonds. The molecule has 1 N–H and O–H groups in total. The van der Waals surface area contributed by atoms with Crippen LogP contribution in [0.1, 0.15) is 61.4 Å². The number of benzene rings is 1. The van der Waals surface area contributed by atoms with Crippen molar-refractivity contribution in [3.05, 3.63) is 17.2 Å². The number of hydrogen-bond donors (Lipinski definition) is 1. The van der Waals surface area contributed by atoms with Gasteiger partial charge in [-0.25, -0.2) is 0 Å². The normalized spacial score (nSPS) is 10.4. The van der Waals surface area contributed by atoms with Crippen LogP contribution in [0.15, 0.2) is 6.07 Å². The van der Waals surface area contributed by atoms with Gasteiger partial charge in [-0.15, -0.1) is 0 Å². The smallest absolute Gasteiger partial charge is 0.307 e. The Kier molecular flexibility index (Phi) is 8.81. The Bertz CT molecular complexity index is 594. The number of unbranched alkanes of at least 4 members (excludes halogenated alkanes) is 4. The average molecular weight is 352 g/mol. The van der Waals surface area contributed by atoms with Crippen molar-refractivity contribution in [3.63, 3.8) is 0 Å². The van der Waals surface area contributed by atoms with Gasteiger partial charge in [0.05, 0.1) is 27.8 Å². The van der Waals surface area contributed by atoms with Crippen LogP contribution in [0, 0.1) is 0 Å². The van der Waals surface area contributed by atoms with Crippen molar-refractivity contribution in [1.82, 2.24) is 0 Å². The van der Waals surface area contributed by atoms with Gasteiger partial charge in [0.1, 0.15) is 0 Å². The van der Waals surface area contributed by atoms with E-state index in [0.717, 1.165) is 32.1 Å². The second kappa shape index (κ2) is 10.6. The molecular weight excluding hydrogens is 324 g/mol. The molecule has 0 saturated carbocycles. The number of ketones is 1. The fourth-order valence-electron chi connectivity index (χ4n) is 2.82. The topological polar surface area (TPSA) is 82.1 Å². The minimum Gasteiger partial charge on any atom is -0.493 e. The summed E-state index contributed by atoms with van der Waals surface area (Å²) in [5.41, 5.74) is 0.651. The first-order valence-corrected chi connectivity index (χ1v) is 8.56. The van der Waals surface area contributed by atoms with E-state index < -0.39 is 5.97 Å². The van der Waals surface area contributed by atoms with Gasteiger partial charge >= 0.3 is 5.97 Å². The second-order valence-corrected chi connectivity index (χ2v) is 5.83. The number of carbonyl (C=O) groups is 2. The van der Waals surface area contributed by atoms with E-state index in [0.29, 0.717) is 29.0 Å². The highest BCUT2D eigenvalue weighted by molar-refractivity contribution is 6.00. The summed E-state index contributed by atoms with van der Waals surface area (Å²) in [5.74, 6) is -0.267.